The first-order valence-corrected chi connectivity index (χ1v) is 7.21. The van der Waals surface area contributed by atoms with Crippen LogP contribution in [-0.4, -0.2) is 0 Å². The number of ether oxygens (including phenoxy) is 1. The average Bonchev–Trinajstić information content (AvgIpc) is 2.46. The van der Waals surface area contributed by atoms with Crippen LogP contribution in [-0.2, 0) is 6.61 Å². The maximum absolute atomic E-state index is 6.09. The van der Waals surface area contributed by atoms with Crippen LogP contribution < -0.4 is 10.5 Å². The largest absolute Gasteiger partial charge is 0.489 e. The van der Waals surface area contributed by atoms with Crippen LogP contribution >= 0.6 is 15.9 Å². The molecule has 100 valence electrons. The molecule has 0 saturated heterocycles. The van der Waals surface area contributed by atoms with E-state index < -0.39 is 0 Å². The molecule has 19 heavy (non-hydrogen) atoms. The maximum Gasteiger partial charge on any atom is 0.120 e. The predicted octanol–water partition coefficient (Wildman–Crippen LogP) is 4.44. The van der Waals surface area contributed by atoms with E-state index in [2.05, 4.69) is 35.0 Å². The lowest BCUT2D eigenvalue weighted by atomic mass is 10.1. The Labute approximate surface area is 122 Å². The zero-order valence-electron chi connectivity index (χ0n) is 11.0. The van der Waals surface area contributed by atoms with Crippen LogP contribution in [0.1, 0.15) is 30.5 Å². The SMILES string of the molecule is CCC(N)c1cc(OCc2ccccc2)ccc1Br. The highest BCUT2D eigenvalue weighted by molar-refractivity contribution is 9.10. The summed E-state index contributed by atoms with van der Waals surface area (Å²) in [7, 11) is 0. The van der Waals surface area contributed by atoms with Gasteiger partial charge in [0.2, 0.25) is 0 Å². The zero-order chi connectivity index (χ0) is 13.7. The number of hydrogen-bond donors (Lipinski definition) is 1. The molecule has 0 spiro atoms. The van der Waals surface area contributed by atoms with E-state index in [1.807, 2.05) is 36.4 Å². The van der Waals surface area contributed by atoms with Crippen molar-refractivity contribution in [3.63, 3.8) is 0 Å². The molecule has 0 heterocycles. The van der Waals surface area contributed by atoms with Gasteiger partial charge in [0.05, 0.1) is 0 Å². The van der Waals surface area contributed by atoms with Gasteiger partial charge >= 0.3 is 0 Å². The highest BCUT2D eigenvalue weighted by Crippen LogP contribution is 2.28. The average molecular weight is 320 g/mol. The van der Waals surface area contributed by atoms with Crippen molar-refractivity contribution in [1.82, 2.24) is 0 Å². The highest BCUT2D eigenvalue weighted by atomic mass is 79.9. The minimum absolute atomic E-state index is 0.0367. The van der Waals surface area contributed by atoms with Crippen LogP contribution in [0, 0.1) is 0 Å². The summed E-state index contributed by atoms with van der Waals surface area (Å²) >= 11 is 3.53. The molecule has 0 saturated carbocycles. The van der Waals surface area contributed by atoms with E-state index in [4.69, 9.17) is 10.5 Å². The van der Waals surface area contributed by atoms with Crippen molar-refractivity contribution >= 4 is 15.9 Å². The second kappa shape index (κ2) is 6.73. The predicted molar refractivity (Wildman–Crippen MR) is 82.1 cm³/mol. The fourth-order valence-corrected chi connectivity index (χ4v) is 2.40. The quantitative estimate of drug-likeness (QED) is 0.884. The Morgan fingerprint density at radius 1 is 1.16 bits per heavy atom. The third kappa shape index (κ3) is 3.82. The summed E-state index contributed by atoms with van der Waals surface area (Å²) in [5.74, 6) is 0.853. The Morgan fingerprint density at radius 2 is 1.89 bits per heavy atom. The summed E-state index contributed by atoms with van der Waals surface area (Å²) in [4.78, 5) is 0. The molecular weight excluding hydrogens is 302 g/mol. The van der Waals surface area contributed by atoms with E-state index in [9.17, 15) is 0 Å². The van der Waals surface area contributed by atoms with Crippen LogP contribution in [0.4, 0.5) is 0 Å². The van der Waals surface area contributed by atoms with E-state index in [1.54, 1.807) is 0 Å². The third-order valence-electron chi connectivity index (χ3n) is 3.06. The fourth-order valence-electron chi connectivity index (χ4n) is 1.86. The summed E-state index contributed by atoms with van der Waals surface area (Å²) in [6.45, 7) is 2.65. The van der Waals surface area contributed by atoms with Crippen molar-refractivity contribution in [1.29, 1.82) is 0 Å². The van der Waals surface area contributed by atoms with Crippen LogP contribution in [0.15, 0.2) is 53.0 Å². The van der Waals surface area contributed by atoms with Gasteiger partial charge in [-0.25, -0.2) is 0 Å². The molecule has 0 radical (unpaired) electrons. The van der Waals surface area contributed by atoms with Crippen LogP contribution in [0.25, 0.3) is 0 Å². The Morgan fingerprint density at radius 3 is 2.58 bits per heavy atom. The van der Waals surface area contributed by atoms with E-state index in [-0.39, 0.29) is 6.04 Å². The molecule has 2 N–H and O–H groups in total. The number of halogens is 1. The zero-order valence-corrected chi connectivity index (χ0v) is 12.6. The van der Waals surface area contributed by atoms with Gasteiger partial charge in [-0.3, -0.25) is 0 Å². The maximum atomic E-state index is 6.09. The van der Waals surface area contributed by atoms with Crippen LogP contribution in [0.2, 0.25) is 0 Å². The Balaban J connectivity index is 2.09. The van der Waals surface area contributed by atoms with Gasteiger partial charge in [-0.15, -0.1) is 0 Å². The standard InChI is InChI=1S/C16H18BrNO/c1-2-16(18)14-10-13(8-9-15(14)17)19-11-12-6-4-3-5-7-12/h3-10,16H,2,11,18H2,1H3. The molecule has 0 aliphatic heterocycles. The van der Waals surface area contributed by atoms with Crippen LogP contribution in [0.5, 0.6) is 5.75 Å². The molecule has 0 amide bonds. The Kier molecular flexibility index (Phi) is 5.00. The molecule has 0 aliphatic rings. The second-order valence-corrected chi connectivity index (χ2v) is 5.33. The molecule has 0 aromatic heterocycles. The first-order chi connectivity index (χ1) is 9.20. The number of benzene rings is 2. The van der Waals surface area contributed by atoms with E-state index in [0.717, 1.165) is 27.8 Å². The molecule has 2 rings (SSSR count). The monoisotopic (exact) mass is 319 g/mol. The first-order valence-electron chi connectivity index (χ1n) is 6.42. The van der Waals surface area contributed by atoms with Crippen molar-refractivity contribution in [3.8, 4) is 5.75 Å². The smallest absolute Gasteiger partial charge is 0.120 e. The first kappa shape index (κ1) is 14.1. The van der Waals surface area contributed by atoms with Crippen molar-refractivity contribution in [2.45, 2.75) is 26.0 Å². The Bertz CT molecular complexity index is 528. The van der Waals surface area contributed by atoms with E-state index >= 15 is 0 Å². The number of hydrogen-bond acceptors (Lipinski definition) is 2. The second-order valence-electron chi connectivity index (χ2n) is 4.47. The lowest BCUT2D eigenvalue weighted by Gasteiger charge is -2.14. The molecule has 0 aliphatic carbocycles. The van der Waals surface area contributed by atoms with E-state index in [0.29, 0.717) is 6.61 Å². The van der Waals surface area contributed by atoms with Gasteiger partial charge in [-0.05, 0) is 35.7 Å². The number of nitrogens with two attached hydrogens (primary N) is 1. The molecule has 2 nitrogen and oxygen atoms in total. The van der Waals surface area contributed by atoms with Gasteiger partial charge in [0, 0.05) is 10.5 Å². The molecule has 1 atom stereocenters. The molecule has 2 aromatic rings. The van der Waals surface area contributed by atoms with Crippen LogP contribution in [0.3, 0.4) is 0 Å². The summed E-state index contributed by atoms with van der Waals surface area (Å²) in [6.07, 6.45) is 0.904. The summed E-state index contributed by atoms with van der Waals surface area (Å²) < 4.78 is 6.84. The van der Waals surface area contributed by atoms with Crippen molar-refractivity contribution in [2.24, 2.45) is 5.73 Å². The molecular formula is C16H18BrNO. The molecule has 1 unspecified atom stereocenters. The lowest BCUT2D eigenvalue weighted by molar-refractivity contribution is 0.305. The minimum Gasteiger partial charge on any atom is -0.489 e. The summed E-state index contributed by atoms with van der Waals surface area (Å²) in [6, 6.07) is 16.1. The lowest BCUT2D eigenvalue weighted by Crippen LogP contribution is -2.09. The van der Waals surface area contributed by atoms with Crippen molar-refractivity contribution in [3.05, 3.63) is 64.1 Å². The van der Waals surface area contributed by atoms with Gasteiger partial charge < -0.3 is 10.5 Å². The number of rotatable bonds is 5. The van der Waals surface area contributed by atoms with E-state index in [1.165, 1.54) is 0 Å². The normalized spacial score (nSPS) is 12.2. The Hall–Kier alpha value is -1.32. The summed E-state index contributed by atoms with van der Waals surface area (Å²) in [5, 5.41) is 0. The van der Waals surface area contributed by atoms with Crippen molar-refractivity contribution in [2.75, 3.05) is 0 Å². The van der Waals surface area contributed by atoms with Gasteiger partial charge in [0.1, 0.15) is 12.4 Å². The molecule has 2 aromatic carbocycles. The minimum atomic E-state index is 0.0367. The topological polar surface area (TPSA) is 35.2 Å². The highest BCUT2D eigenvalue weighted by Gasteiger charge is 2.09. The molecule has 0 fully saturated rings. The molecule has 0 bridgehead atoms. The van der Waals surface area contributed by atoms with Gasteiger partial charge in [0.25, 0.3) is 0 Å². The van der Waals surface area contributed by atoms with Crippen molar-refractivity contribution < 1.29 is 4.74 Å². The van der Waals surface area contributed by atoms with Gasteiger partial charge in [-0.2, -0.15) is 0 Å². The fraction of sp³-hybridized carbons (Fsp3) is 0.250. The third-order valence-corrected chi connectivity index (χ3v) is 3.78. The summed E-state index contributed by atoms with van der Waals surface area (Å²) in [5.41, 5.74) is 8.34. The van der Waals surface area contributed by atoms with Gasteiger partial charge in [-0.1, -0.05) is 53.2 Å². The molecule has 3 heteroatoms. The van der Waals surface area contributed by atoms with Gasteiger partial charge in [0.15, 0.2) is 0 Å².